The number of rotatable bonds is 4. The normalized spacial score (nSPS) is 14.2. The third kappa shape index (κ3) is 4.21. The minimum Gasteiger partial charge on any atom is -0.443 e. The first-order valence-corrected chi connectivity index (χ1v) is 11.4. The van der Waals surface area contributed by atoms with Gasteiger partial charge in [-0.25, -0.2) is 14.8 Å². The Morgan fingerprint density at radius 2 is 1.73 bits per heavy atom. The molecule has 6 heteroatoms. The monoisotopic (exact) mass is 440 g/mol. The van der Waals surface area contributed by atoms with Crippen LogP contribution < -0.4 is 4.90 Å². The van der Waals surface area contributed by atoms with Crippen molar-refractivity contribution in [3.05, 3.63) is 72.9 Å². The van der Waals surface area contributed by atoms with Crippen LogP contribution in [-0.4, -0.2) is 32.3 Å². The number of pyridine rings is 1. The van der Waals surface area contributed by atoms with E-state index < -0.39 is 5.60 Å². The van der Waals surface area contributed by atoms with Gasteiger partial charge >= 0.3 is 6.09 Å². The van der Waals surface area contributed by atoms with Gasteiger partial charge in [-0.1, -0.05) is 30.3 Å². The molecule has 6 nitrogen and oxygen atoms in total. The molecule has 4 aromatic rings. The van der Waals surface area contributed by atoms with Gasteiger partial charge in [0, 0.05) is 29.2 Å². The number of benzene rings is 2. The van der Waals surface area contributed by atoms with Crippen molar-refractivity contribution in [1.82, 2.24) is 14.5 Å². The van der Waals surface area contributed by atoms with Crippen LogP contribution in [0.4, 0.5) is 10.5 Å². The van der Waals surface area contributed by atoms with E-state index in [9.17, 15) is 4.79 Å². The van der Waals surface area contributed by atoms with Crippen LogP contribution in [-0.2, 0) is 4.74 Å². The zero-order chi connectivity index (χ0) is 23.0. The number of amides is 1. The van der Waals surface area contributed by atoms with E-state index in [4.69, 9.17) is 9.72 Å². The summed E-state index contributed by atoms with van der Waals surface area (Å²) in [7, 11) is 0. The third-order valence-electron chi connectivity index (χ3n) is 5.86. The van der Waals surface area contributed by atoms with Crippen molar-refractivity contribution < 1.29 is 9.53 Å². The number of nitrogens with zero attached hydrogens (tertiary/aromatic N) is 4. The second kappa shape index (κ2) is 8.35. The van der Waals surface area contributed by atoms with Crippen LogP contribution in [0.2, 0.25) is 0 Å². The van der Waals surface area contributed by atoms with Crippen LogP contribution in [0.5, 0.6) is 0 Å². The van der Waals surface area contributed by atoms with Crippen molar-refractivity contribution in [2.24, 2.45) is 0 Å². The van der Waals surface area contributed by atoms with E-state index in [0.717, 1.165) is 53.2 Å². The molecule has 0 aliphatic heterocycles. The maximum absolute atomic E-state index is 13.0. The summed E-state index contributed by atoms with van der Waals surface area (Å²) in [6.07, 6.45) is 4.61. The Hall–Kier alpha value is -3.67. The molecule has 0 saturated heterocycles. The second-order valence-electron chi connectivity index (χ2n) is 9.43. The molecule has 0 atom stereocenters. The molecule has 2 aromatic heterocycles. The first kappa shape index (κ1) is 21.2. The summed E-state index contributed by atoms with van der Waals surface area (Å²) in [6.45, 7) is 5.69. The Labute approximate surface area is 193 Å². The largest absolute Gasteiger partial charge is 0.443 e. The molecule has 0 bridgehead atoms. The van der Waals surface area contributed by atoms with E-state index in [-0.39, 0.29) is 12.1 Å². The average Bonchev–Trinajstić information content (AvgIpc) is 3.15. The molecule has 0 unspecified atom stereocenters. The smallest absolute Gasteiger partial charge is 0.415 e. The quantitative estimate of drug-likeness (QED) is 0.369. The van der Waals surface area contributed by atoms with Crippen molar-refractivity contribution in [3.63, 3.8) is 0 Å². The standard InChI is InChI=1S/C27H28N4O2/c1-27(2,3)33-26(32)30(20-11-7-12-20)21-14-16-22(17-15-21)31-24(19-9-5-4-6-10-19)29-23-13-8-18-28-25(23)31/h4-6,8-10,13-18,20H,7,11-12H2,1-3H3. The van der Waals surface area contributed by atoms with Gasteiger partial charge in [0.2, 0.25) is 0 Å². The summed E-state index contributed by atoms with van der Waals surface area (Å²) in [6, 6.07) is 22.2. The lowest BCUT2D eigenvalue weighted by atomic mass is 9.91. The van der Waals surface area contributed by atoms with E-state index >= 15 is 0 Å². The van der Waals surface area contributed by atoms with Gasteiger partial charge in [0.05, 0.1) is 0 Å². The molecule has 1 aliphatic rings. The summed E-state index contributed by atoms with van der Waals surface area (Å²) in [5, 5.41) is 0. The zero-order valence-electron chi connectivity index (χ0n) is 19.2. The summed E-state index contributed by atoms with van der Waals surface area (Å²) in [5.41, 5.74) is 3.90. The number of aromatic nitrogens is 3. The molecule has 0 radical (unpaired) electrons. The zero-order valence-corrected chi connectivity index (χ0v) is 19.2. The molecule has 1 saturated carbocycles. The van der Waals surface area contributed by atoms with E-state index in [0.29, 0.717) is 0 Å². The maximum atomic E-state index is 13.0. The lowest BCUT2D eigenvalue weighted by molar-refractivity contribution is 0.0549. The molecule has 1 aliphatic carbocycles. The summed E-state index contributed by atoms with van der Waals surface area (Å²) in [4.78, 5) is 24.3. The van der Waals surface area contributed by atoms with Crippen molar-refractivity contribution in [3.8, 4) is 17.1 Å². The molecule has 1 amide bonds. The molecule has 168 valence electrons. The minimum absolute atomic E-state index is 0.182. The lowest BCUT2D eigenvalue weighted by Crippen LogP contribution is -2.46. The van der Waals surface area contributed by atoms with Crippen LogP contribution >= 0.6 is 0 Å². The Morgan fingerprint density at radius 1 is 1.00 bits per heavy atom. The Balaban J connectivity index is 1.55. The summed E-state index contributed by atoms with van der Waals surface area (Å²) in [5.74, 6) is 0.833. The number of carbonyl (C=O) groups excluding carboxylic acids is 1. The highest BCUT2D eigenvalue weighted by Crippen LogP contribution is 2.33. The molecule has 0 spiro atoms. The number of carbonyl (C=O) groups is 1. The van der Waals surface area contributed by atoms with Crippen LogP contribution in [0.3, 0.4) is 0 Å². The summed E-state index contributed by atoms with van der Waals surface area (Å²) < 4.78 is 7.78. The Morgan fingerprint density at radius 3 is 2.36 bits per heavy atom. The highest BCUT2D eigenvalue weighted by Gasteiger charge is 2.33. The van der Waals surface area contributed by atoms with Gasteiger partial charge in [0.25, 0.3) is 0 Å². The number of ether oxygens (including phenoxy) is 1. The molecule has 2 heterocycles. The van der Waals surface area contributed by atoms with Gasteiger partial charge in [-0.05, 0) is 76.4 Å². The van der Waals surface area contributed by atoms with Gasteiger partial charge in [-0.3, -0.25) is 9.47 Å². The molecular formula is C27H28N4O2. The predicted molar refractivity (Wildman–Crippen MR) is 131 cm³/mol. The van der Waals surface area contributed by atoms with Gasteiger partial charge in [0.1, 0.15) is 16.9 Å². The fourth-order valence-corrected chi connectivity index (χ4v) is 4.12. The van der Waals surface area contributed by atoms with Gasteiger partial charge in [-0.15, -0.1) is 0 Å². The second-order valence-corrected chi connectivity index (χ2v) is 9.43. The first-order valence-electron chi connectivity index (χ1n) is 11.4. The van der Waals surface area contributed by atoms with Gasteiger partial charge in [0.15, 0.2) is 5.65 Å². The Bertz CT molecular complexity index is 1270. The van der Waals surface area contributed by atoms with Crippen molar-refractivity contribution in [1.29, 1.82) is 0 Å². The van der Waals surface area contributed by atoms with Gasteiger partial charge in [-0.2, -0.15) is 0 Å². The Kier molecular flexibility index (Phi) is 5.36. The molecule has 33 heavy (non-hydrogen) atoms. The van der Waals surface area contributed by atoms with Crippen LogP contribution in [0.25, 0.3) is 28.2 Å². The van der Waals surface area contributed by atoms with Crippen LogP contribution in [0.15, 0.2) is 72.9 Å². The fraction of sp³-hybridized carbons (Fsp3) is 0.296. The SMILES string of the molecule is CC(C)(C)OC(=O)N(c1ccc(-n2c(-c3ccccc3)nc3cccnc32)cc1)C1CCC1. The average molecular weight is 441 g/mol. The molecular weight excluding hydrogens is 412 g/mol. The lowest BCUT2D eigenvalue weighted by Gasteiger charge is -2.38. The maximum Gasteiger partial charge on any atom is 0.415 e. The highest BCUT2D eigenvalue weighted by atomic mass is 16.6. The molecule has 2 aromatic carbocycles. The highest BCUT2D eigenvalue weighted by molar-refractivity contribution is 5.89. The molecule has 1 fully saturated rings. The van der Waals surface area contributed by atoms with Crippen molar-refractivity contribution in [2.75, 3.05) is 4.90 Å². The van der Waals surface area contributed by atoms with E-state index in [1.54, 1.807) is 11.1 Å². The molecule has 0 N–H and O–H groups in total. The number of fused-ring (bicyclic) bond motifs is 1. The number of imidazole rings is 1. The first-order chi connectivity index (χ1) is 15.9. The summed E-state index contributed by atoms with van der Waals surface area (Å²) >= 11 is 0. The van der Waals surface area contributed by atoms with E-state index in [2.05, 4.69) is 9.55 Å². The predicted octanol–water partition coefficient (Wildman–Crippen LogP) is 6.38. The van der Waals surface area contributed by atoms with Crippen molar-refractivity contribution in [2.45, 2.75) is 51.7 Å². The van der Waals surface area contributed by atoms with E-state index in [1.165, 1.54) is 0 Å². The topological polar surface area (TPSA) is 60.2 Å². The third-order valence-corrected chi connectivity index (χ3v) is 5.86. The van der Waals surface area contributed by atoms with E-state index in [1.807, 2.05) is 87.5 Å². The molecule has 5 rings (SSSR count). The van der Waals surface area contributed by atoms with Crippen molar-refractivity contribution >= 4 is 22.9 Å². The van der Waals surface area contributed by atoms with Gasteiger partial charge < -0.3 is 4.74 Å². The minimum atomic E-state index is -0.537. The number of anilines is 1. The van der Waals surface area contributed by atoms with Crippen LogP contribution in [0, 0.1) is 0 Å². The van der Waals surface area contributed by atoms with Crippen LogP contribution in [0.1, 0.15) is 40.0 Å². The number of hydrogen-bond acceptors (Lipinski definition) is 4. The fourth-order valence-electron chi connectivity index (χ4n) is 4.12. The number of hydrogen-bond donors (Lipinski definition) is 0.